The van der Waals surface area contributed by atoms with Crippen LogP contribution in [0, 0.1) is 10.1 Å². The third kappa shape index (κ3) is 5.15. The minimum atomic E-state index is -0.330. The maximum Gasteiger partial charge on any atom is 0.271 e. The maximum absolute atomic E-state index is 11.2. The highest BCUT2D eigenvalue weighted by Crippen LogP contribution is 2.27. The number of rotatable bonds is 5. The summed E-state index contributed by atoms with van der Waals surface area (Å²) in [7, 11) is 1.00. The number of nitrogens with zero attached hydrogens (tertiary/aromatic N) is 2. The number of hydrogen-bond acceptors (Lipinski definition) is 6. The number of nitro benzene ring substituents is 1. The Hall–Kier alpha value is -1.70. The van der Waals surface area contributed by atoms with Crippen LogP contribution in [0.5, 0.6) is 0 Å². The van der Waals surface area contributed by atoms with Crippen molar-refractivity contribution < 1.29 is 19.5 Å². The second-order valence-corrected chi connectivity index (χ2v) is 5.93. The monoisotopic (exact) mass is 338 g/mol. The van der Waals surface area contributed by atoms with Gasteiger partial charge in [0.2, 0.25) is 0 Å². The summed E-state index contributed by atoms with van der Waals surface area (Å²) in [6.45, 7) is 3.31. The Bertz CT molecular complexity index is 526. The highest BCUT2D eigenvalue weighted by Gasteiger charge is 2.19. The molecule has 1 aliphatic heterocycles. The van der Waals surface area contributed by atoms with Crippen LogP contribution in [-0.2, 0) is 16.1 Å². The summed E-state index contributed by atoms with van der Waals surface area (Å²) in [5.41, 5.74) is 1.90. The average molecular weight is 338 g/mol. The van der Waals surface area contributed by atoms with Crippen molar-refractivity contribution in [2.45, 2.75) is 38.4 Å². The predicted octanol–water partition coefficient (Wildman–Crippen LogP) is 2.50. The molecule has 0 bridgehead atoms. The minimum absolute atomic E-state index is 0.133. The molecule has 0 radical (unpaired) electrons. The van der Waals surface area contributed by atoms with E-state index in [1.807, 2.05) is 6.07 Å². The normalized spacial score (nSPS) is 18.2. The molecule has 0 atom stereocenters. The first kappa shape index (κ1) is 18.6. The Labute approximate surface area is 142 Å². The molecule has 1 aromatic rings. The molecule has 2 aliphatic rings. The zero-order valence-corrected chi connectivity index (χ0v) is 14.1. The summed E-state index contributed by atoms with van der Waals surface area (Å²) >= 11 is 0. The molecule has 3 rings (SSSR count). The van der Waals surface area contributed by atoms with Crippen molar-refractivity contribution in [1.82, 2.24) is 0 Å². The minimum Gasteiger partial charge on any atom is -0.400 e. The smallest absolute Gasteiger partial charge is 0.271 e. The fraction of sp³-hybridized carbons (Fsp3) is 0.647. The number of hydrogen-bond donors (Lipinski definition) is 1. The van der Waals surface area contributed by atoms with E-state index in [1.54, 1.807) is 12.1 Å². The van der Waals surface area contributed by atoms with Crippen molar-refractivity contribution in [2.24, 2.45) is 0 Å². The number of aliphatic hydroxyl groups excluding tert-OH is 1. The van der Waals surface area contributed by atoms with Crippen LogP contribution in [0.25, 0.3) is 0 Å². The lowest BCUT2D eigenvalue weighted by Crippen LogP contribution is -2.36. The van der Waals surface area contributed by atoms with Gasteiger partial charge in [-0.3, -0.25) is 10.1 Å². The first-order valence-electron chi connectivity index (χ1n) is 8.40. The summed E-state index contributed by atoms with van der Waals surface area (Å²) in [4.78, 5) is 13.0. The summed E-state index contributed by atoms with van der Waals surface area (Å²) < 4.78 is 11.2. The van der Waals surface area contributed by atoms with E-state index in [-0.39, 0.29) is 10.6 Å². The second kappa shape index (κ2) is 9.56. The van der Waals surface area contributed by atoms with Gasteiger partial charge in [0.15, 0.2) is 0 Å². The zero-order chi connectivity index (χ0) is 17.4. The predicted molar refractivity (Wildman–Crippen MR) is 91.3 cm³/mol. The Morgan fingerprint density at radius 2 is 1.92 bits per heavy atom. The molecule has 1 saturated heterocycles. The largest absolute Gasteiger partial charge is 0.400 e. The summed E-state index contributed by atoms with van der Waals surface area (Å²) in [6.07, 6.45) is 4.96. The van der Waals surface area contributed by atoms with Gasteiger partial charge in [0, 0.05) is 38.0 Å². The molecule has 1 saturated carbocycles. The van der Waals surface area contributed by atoms with Crippen molar-refractivity contribution in [3.05, 3.63) is 33.9 Å². The van der Waals surface area contributed by atoms with Gasteiger partial charge in [-0.05, 0) is 24.5 Å². The second-order valence-electron chi connectivity index (χ2n) is 5.93. The summed E-state index contributed by atoms with van der Waals surface area (Å²) in [5, 5.41) is 18.2. The molecule has 0 spiro atoms. The Balaban J connectivity index is 0.00000100. The molecule has 2 fully saturated rings. The van der Waals surface area contributed by atoms with Crippen molar-refractivity contribution in [3.8, 4) is 0 Å². The number of morpholine rings is 1. The molecule has 0 amide bonds. The lowest BCUT2D eigenvalue weighted by atomic mass is 10.1. The van der Waals surface area contributed by atoms with Crippen LogP contribution in [0.1, 0.15) is 31.2 Å². The number of ether oxygens (including phenoxy) is 2. The van der Waals surface area contributed by atoms with Crippen molar-refractivity contribution in [3.63, 3.8) is 0 Å². The lowest BCUT2D eigenvalue weighted by molar-refractivity contribution is -0.384. The topological polar surface area (TPSA) is 85.1 Å². The molecular formula is C17H26N2O5. The van der Waals surface area contributed by atoms with Gasteiger partial charge >= 0.3 is 0 Å². The van der Waals surface area contributed by atoms with Gasteiger partial charge in [-0.1, -0.05) is 12.8 Å². The zero-order valence-electron chi connectivity index (χ0n) is 14.1. The summed E-state index contributed by atoms with van der Waals surface area (Å²) in [5.74, 6) is 0. The van der Waals surface area contributed by atoms with Gasteiger partial charge in [0.05, 0.1) is 30.8 Å². The van der Waals surface area contributed by atoms with E-state index in [0.717, 1.165) is 44.3 Å². The third-order valence-corrected chi connectivity index (χ3v) is 4.34. The standard InChI is InChI=1S/C16H22N2O4.CH4O/c19-18(20)15-10-13(12-22-16-3-1-2-4-16)9-14(11-15)17-5-7-21-8-6-17;1-2/h9-11,16H,1-8,12H2;2H,1H3. The Kier molecular flexibility index (Phi) is 7.42. The molecule has 0 aromatic heterocycles. The molecule has 1 N–H and O–H groups in total. The molecule has 134 valence electrons. The van der Waals surface area contributed by atoms with E-state index in [4.69, 9.17) is 14.6 Å². The fourth-order valence-corrected chi connectivity index (χ4v) is 3.12. The molecule has 24 heavy (non-hydrogen) atoms. The van der Waals surface area contributed by atoms with E-state index >= 15 is 0 Å². The van der Waals surface area contributed by atoms with E-state index < -0.39 is 0 Å². The first-order valence-corrected chi connectivity index (χ1v) is 8.40. The molecule has 1 aromatic carbocycles. The molecule has 0 unspecified atom stereocenters. The van der Waals surface area contributed by atoms with E-state index in [9.17, 15) is 10.1 Å². The molecular weight excluding hydrogens is 312 g/mol. The van der Waals surface area contributed by atoms with Gasteiger partial charge in [-0.15, -0.1) is 0 Å². The van der Waals surface area contributed by atoms with Gasteiger partial charge in [0.1, 0.15) is 0 Å². The van der Waals surface area contributed by atoms with Gasteiger partial charge in [-0.2, -0.15) is 0 Å². The number of non-ortho nitro benzene ring substituents is 1. The maximum atomic E-state index is 11.2. The number of aliphatic hydroxyl groups is 1. The number of anilines is 1. The van der Waals surface area contributed by atoms with E-state index in [1.165, 1.54) is 12.8 Å². The van der Waals surface area contributed by atoms with Crippen molar-refractivity contribution in [2.75, 3.05) is 38.3 Å². The van der Waals surface area contributed by atoms with Crippen LogP contribution >= 0.6 is 0 Å². The lowest BCUT2D eigenvalue weighted by Gasteiger charge is -2.29. The molecule has 1 heterocycles. The SMILES string of the molecule is CO.O=[N+]([O-])c1cc(COC2CCCC2)cc(N2CCOCC2)c1. The van der Waals surface area contributed by atoms with Gasteiger partial charge in [0.25, 0.3) is 5.69 Å². The number of benzene rings is 1. The van der Waals surface area contributed by atoms with Crippen molar-refractivity contribution in [1.29, 1.82) is 0 Å². The molecule has 7 heteroatoms. The Morgan fingerprint density at radius 1 is 1.25 bits per heavy atom. The molecule has 1 aliphatic carbocycles. The van der Waals surface area contributed by atoms with Crippen LogP contribution in [0.4, 0.5) is 11.4 Å². The third-order valence-electron chi connectivity index (χ3n) is 4.34. The van der Waals surface area contributed by atoms with Crippen LogP contribution < -0.4 is 4.90 Å². The first-order chi connectivity index (χ1) is 11.7. The van der Waals surface area contributed by atoms with Crippen LogP contribution in [0.2, 0.25) is 0 Å². The van der Waals surface area contributed by atoms with Crippen molar-refractivity contribution >= 4 is 11.4 Å². The highest BCUT2D eigenvalue weighted by molar-refractivity contribution is 5.56. The Morgan fingerprint density at radius 3 is 2.54 bits per heavy atom. The molecule has 7 nitrogen and oxygen atoms in total. The highest BCUT2D eigenvalue weighted by atomic mass is 16.6. The van der Waals surface area contributed by atoms with Crippen LogP contribution in [0.3, 0.4) is 0 Å². The van der Waals surface area contributed by atoms with Gasteiger partial charge < -0.3 is 19.5 Å². The fourth-order valence-electron chi connectivity index (χ4n) is 3.12. The van der Waals surface area contributed by atoms with Crippen LogP contribution in [-0.4, -0.2) is 49.5 Å². The number of nitro groups is 1. The van der Waals surface area contributed by atoms with Crippen LogP contribution in [0.15, 0.2) is 18.2 Å². The average Bonchev–Trinajstić information content (AvgIpc) is 3.16. The van der Waals surface area contributed by atoms with E-state index in [2.05, 4.69) is 4.90 Å². The van der Waals surface area contributed by atoms with E-state index in [0.29, 0.717) is 25.9 Å². The quantitative estimate of drug-likeness (QED) is 0.656. The van der Waals surface area contributed by atoms with Gasteiger partial charge in [-0.25, -0.2) is 0 Å². The summed E-state index contributed by atoms with van der Waals surface area (Å²) in [6, 6.07) is 5.27.